The summed E-state index contributed by atoms with van der Waals surface area (Å²) in [7, 11) is -2.80. The fourth-order valence-electron chi connectivity index (χ4n) is 12.7. The molecular formula is C59H70N8O8S. The molecule has 3 aliphatic carbocycles. The first kappa shape index (κ1) is 51.6. The fourth-order valence-corrected chi connectivity index (χ4v) is 13.6. The molecule has 1 spiro atoms. The lowest BCUT2D eigenvalue weighted by Crippen LogP contribution is -2.68. The Morgan fingerprint density at radius 3 is 2.47 bits per heavy atom. The van der Waals surface area contributed by atoms with E-state index >= 15 is 0 Å². The number of aromatic nitrogens is 2. The van der Waals surface area contributed by atoms with Crippen molar-refractivity contribution in [1.82, 2.24) is 24.5 Å². The zero-order valence-corrected chi connectivity index (χ0v) is 44.8. The number of aliphatic hydroxyl groups is 1. The van der Waals surface area contributed by atoms with Crippen molar-refractivity contribution in [2.75, 3.05) is 56.6 Å². The zero-order chi connectivity index (χ0) is 52.9. The van der Waals surface area contributed by atoms with Crippen LogP contribution in [0, 0.1) is 21.4 Å². The van der Waals surface area contributed by atoms with Gasteiger partial charge in [0.25, 0.3) is 21.6 Å². The second-order valence-electron chi connectivity index (χ2n) is 23.0. The first-order chi connectivity index (χ1) is 36.5. The van der Waals surface area contributed by atoms with Crippen molar-refractivity contribution in [3.63, 3.8) is 0 Å². The van der Waals surface area contributed by atoms with Gasteiger partial charge in [0.1, 0.15) is 28.6 Å². The van der Waals surface area contributed by atoms with Gasteiger partial charge in [-0.05, 0) is 141 Å². The third-order valence-electron chi connectivity index (χ3n) is 17.2. The maximum absolute atomic E-state index is 14.1. The second kappa shape index (κ2) is 20.8. The van der Waals surface area contributed by atoms with E-state index in [1.165, 1.54) is 53.6 Å². The largest absolute Gasteiger partial charge is 0.496 e. The molecule has 5 fully saturated rings. The number of hydrogen-bond donors (Lipinski definition) is 4. The van der Waals surface area contributed by atoms with Gasteiger partial charge in [-0.3, -0.25) is 24.7 Å². The minimum Gasteiger partial charge on any atom is -0.496 e. The standard InChI is InChI=1S/C59H70N8O8S/c1-38(2)47-10-5-6-11-49(47)53-35-64(34-40-12-15-48(41-8-7-9-41)54(26-40)74-4)24-25-66(53)44-30-59(31-44)36-65(37-59)43-13-16-50(55(28-43)75-45-27-42-20-23-60-56(42)62-33-45)57(68)63-76(72,73)46-14-17-51(52(29-46)67(70)71)61-32-39-18-21-58(3,69)22-19-39/h5-6,10-17,20,23,26-29,33,38-39,41,44,53,61,69H,7-9,18-19,21-22,24-25,30-32,34-37H2,1-4H3,(H,60,62)(H,63,68)/t39?,53-,58?/m0/s1. The lowest BCUT2D eigenvalue weighted by molar-refractivity contribution is -0.384. The molecule has 1 amide bonds. The van der Waals surface area contributed by atoms with Crippen LogP contribution < -0.4 is 24.4 Å². The average molecular weight is 1050 g/mol. The van der Waals surface area contributed by atoms with E-state index in [-0.39, 0.29) is 34.4 Å². The normalized spacial score (nSPS) is 22.2. The van der Waals surface area contributed by atoms with Crippen molar-refractivity contribution in [2.45, 2.75) is 120 Å². The quantitative estimate of drug-likeness (QED) is 0.0498. The maximum Gasteiger partial charge on any atom is 0.293 e. The van der Waals surface area contributed by atoms with E-state index in [2.05, 4.69) is 91.0 Å². The smallest absolute Gasteiger partial charge is 0.293 e. The van der Waals surface area contributed by atoms with Gasteiger partial charge in [0.2, 0.25) is 0 Å². The number of benzene rings is 4. The number of anilines is 2. The summed E-state index contributed by atoms with van der Waals surface area (Å²) in [5.41, 5.74) is 6.09. The molecule has 76 heavy (non-hydrogen) atoms. The first-order valence-electron chi connectivity index (χ1n) is 27.1. The molecule has 2 aliphatic heterocycles. The third kappa shape index (κ3) is 10.6. The summed E-state index contributed by atoms with van der Waals surface area (Å²) < 4.78 is 42.2. The third-order valence-corrected chi connectivity index (χ3v) is 18.6. The predicted molar refractivity (Wildman–Crippen MR) is 294 cm³/mol. The molecule has 0 unspecified atom stereocenters. The van der Waals surface area contributed by atoms with Crippen molar-refractivity contribution in [3.8, 4) is 17.2 Å². The van der Waals surface area contributed by atoms with Crippen molar-refractivity contribution in [1.29, 1.82) is 0 Å². The summed E-state index contributed by atoms with van der Waals surface area (Å²) in [4.78, 5) is 40.5. The number of pyridine rings is 1. The SMILES string of the molecule is COc1cc(CN2CCN(C3CC4(C3)CN(c3ccc(C(=O)NS(=O)(=O)c5ccc(NCC6CCC(C)(O)CC6)c([N+](=O)[O-])c5)c(Oc5cnc6[nH]ccc6c5)c3)C4)[C@H](c3ccccc3C(C)C)C2)ccc1C1CCC1. The van der Waals surface area contributed by atoms with Gasteiger partial charge in [-0.25, -0.2) is 18.1 Å². The Labute approximate surface area is 445 Å². The van der Waals surface area contributed by atoms with E-state index in [9.17, 15) is 28.4 Å². The van der Waals surface area contributed by atoms with Gasteiger partial charge in [-0.15, -0.1) is 0 Å². The summed E-state index contributed by atoms with van der Waals surface area (Å²) >= 11 is 0. The minimum absolute atomic E-state index is 0.0311. The molecule has 11 rings (SSSR count). The summed E-state index contributed by atoms with van der Waals surface area (Å²) in [5.74, 6) is 1.77. The minimum atomic E-state index is -4.59. The van der Waals surface area contributed by atoms with E-state index < -0.39 is 37.0 Å². The van der Waals surface area contributed by atoms with Gasteiger partial charge in [0.15, 0.2) is 0 Å². The Kier molecular flexibility index (Phi) is 14.1. The number of ether oxygens (including phenoxy) is 2. The number of carbonyl (C=O) groups is 1. The highest BCUT2D eigenvalue weighted by Crippen LogP contribution is 2.54. The molecule has 2 saturated heterocycles. The summed E-state index contributed by atoms with van der Waals surface area (Å²) in [6.07, 6.45) is 12.0. The summed E-state index contributed by atoms with van der Waals surface area (Å²) in [6, 6.07) is 28.9. The monoisotopic (exact) mass is 1050 g/mol. The number of piperazine rings is 1. The van der Waals surface area contributed by atoms with Gasteiger partial charge in [-0.2, -0.15) is 0 Å². The summed E-state index contributed by atoms with van der Waals surface area (Å²) in [6.45, 7) is 12.3. The van der Waals surface area contributed by atoms with Crippen LogP contribution in [0.4, 0.5) is 17.1 Å². The molecule has 0 radical (unpaired) electrons. The zero-order valence-electron chi connectivity index (χ0n) is 44.0. The second-order valence-corrected chi connectivity index (χ2v) is 24.6. The number of fused-ring (bicyclic) bond motifs is 1. The Hall–Kier alpha value is -6.53. The molecule has 6 aromatic rings. The van der Waals surface area contributed by atoms with E-state index in [0.29, 0.717) is 48.7 Å². The maximum atomic E-state index is 14.1. The Morgan fingerprint density at radius 1 is 0.947 bits per heavy atom. The number of rotatable bonds is 17. The topological polar surface area (TPSA) is 195 Å². The van der Waals surface area contributed by atoms with Gasteiger partial charge in [-0.1, -0.05) is 56.7 Å². The number of amides is 1. The molecule has 5 aliphatic rings. The van der Waals surface area contributed by atoms with Crippen LogP contribution in [0.15, 0.2) is 108 Å². The number of sulfonamides is 1. The Morgan fingerprint density at radius 2 is 1.74 bits per heavy atom. The van der Waals surface area contributed by atoms with Crippen molar-refractivity contribution in [3.05, 3.63) is 141 Å². The fraction of sp³-hybridized carbons (Fsp3) is 0.458. The molecule has 16 nitrogen and oxygen atoms in total. The van der Waals surface area contributed by atoms with Gasteiger partial charge < -0.3 is 29.8 Å². The molecular weight excluding hydrogens is 981 g/mol. The highest BCUT2D eigenvalue weighted by atomic mass is 32.2. The number of nitrogens with one attached hydrogen (secondary N) is 3. The number of H-pyrrole nitrogens is 1. The van der Waals surface area contributed by atoms with Crippen LogP contribution in [0.2, 0.25) is 0 Å². The lowest BCUT2D eigenvalue weighted by Gasteiger charge is -2.63. The Balaban J connectivity index is 0.784. The van der Waals surface area contributed by atoms with Gasteiger partial charge >= 0.3 is 0 Å². The number of nitrogens with zero attached hydrogens (tertiary/aromatic N) is 5. The van der Waals surface area contributed by atoms with E-state index in [4.69, 9.17) is 9.47 Å². The lowest BCUT2D eigenvalue weighted by atomic mass is 9.59. The first-order valence-corrected chi connectivity index (χ1v) is 28.6. The Bertz CT molecular complexity index is 3240. The average Bonchev–Trinajstić information content (AvgIpc) is 3.83. The molecule has 17 heteroatoms. The van der Waals surface area contributed by atoms with Crippen molar-refractivity contribution < 1.29 is 32.7 Å². The van der Waals surface area contributed by atoms with Crippen LogP contribution in [0.5, 0.6) is 17.2 Å². The molecule has 1 atom stereocenters. The molecule has 400 valence electrons. The molecule has 4 aromatic carbocycles. The molecule has 4 N–H and O–H groups in total. The van der Waals surface area contributed by atoms with Crippen LogP contribution in [-0.4, -0.2) is 102 Å². The van der Waals surface area contributed by atoms with E-state index in [1.54, 1.807) is 37.7 Å². The van der Waals surface area contributed by atoms with Gasteiger partial charge in [0, 0.05) is 92.7 Å². The molecule has 3 saturated carbocycles. The van der Waals surface area contributed by atoms with Crippen molar-refractivity contribution in [2.24, 2.45) is 11.3 Å². The van der Waals surface area contributed by atoms with Crippen LogP contribution in [-0.2, 0) is 16.6 Å². The van der Waals surface area contributed by atoms with Gasteiger partial charge in [0.05, 0.1) is 34.3 Å². The number of nitro benzene ring substituents is 1. The van der Waals surface area contributed by atoms with Crippen LogP contribution in [0.1, 0.15) is 129 Å². The highest BCUT2D eigenvalue weighted by Gasteiger charge is 2.55. The van der Waals surface area contributed by atoms with Crippen LogP contribution in [0.3, 0.4) is 0 Å². The number of methoxy groups -OCH3 is 1. The van der Waals surface area contributed by atoms with E-state index in [0.717, 1.165) is 87.8 Å². The van der Waals surface area contributed by atoms with Crippen LogP contribution in [0.25, 0.3) is 11.0 Å². The number of hydrogen-bond acceptors (Lipinski definition) is 13. The number of carbonyl (C=O) groups excluding carboxylic acids is 1. The van der Waals surface area contributed by atoms with Crippen LogP contribution >= 0.6 is 0 Å². The molecule has 0 bridgehead atoms. The molecule has 4 heterocycles. The predicted octanol–water partition coefficient (Wildman–Crippen LogP) is 10.7. The highest BCUT2D eigenvalue weighted by molar-refractivity contribution is 7.90. The van der Waals surface area contributed by atoms with Crippen molar-refractivity contribution >= 4 is 44.0 Å². The number of nitro groups is 1. The number of aromatic amines is 1. The van der Waals surface area contributed by atoms with E-state index in [1.807, 2.05) is 19.1 Å². The molecule has 2 aromatic heterocycles. The summed E-state index contributed by atoms with van der Waals surface area (Å²) in [5, 5.41) is 26.5.